The van der Waals surface area contributed by atoms with E-state index in [1.165, 1.54) is 7.05 Å². The van der Waals surface area contributed by atoms with E-state index in [1.807, 2.05) is 43.4 Å². The topological polar surface area (TPSA) is 88.8 Å². The van der Waals surface area contributed by atoms with E-state index in [-0.39, 0.29) is 17.5 Å². The summed E-state index contributed by atoms with van der Waals surface area (Å²) in [6.07, 6.45) is 2.51. The van der Waals surface area contributed by atoms with Gasteiger partial charge in [0, 0.05) is 57.6 Å². The highest BCUT2D eigenvalue weighted by molar-refractivity contribution is 5.92. The molecule has 1 aliphatic carbocycles. The maximum Gasteiger partial charge on any atom is 0.433 e. The van der Waals surface area contributed by atoms with Gasteiger partial charge in [-0.3, -0.25) is 14.5 Å². The second-order valence-electron chi connectivity index (χ2n) is 9.04. The Morgan fingerprint density at radius 1 is 1.17 bits per heavy atom. The van der Waals surface area contributed by atoms with Gasteiger partial charge in [-0.05, 0) is 43.7 Å². The average Bonchev–Trinajstić information content (AvgIpc) is 3.25. The van der Waals surface area contributed by atoms with Crippen molar-refractivity contribution >= 4 is 11.9 Å². The zero-order valence-corrected chi connectivity index (χ0v) is 19.9. The highest BCUT2D eigenvalue weighted by Crippen LogP contribution is 2.39. The third kappa shape index (κ3) is 5.60. The Hall–Kier alpha value is -3.50. The number of hydrogen-bond acceptors (Lipinski definition) is 6. The molecule has 8 nitrogen and oxygen atoms in total. The van der Waals surface area contributed by atoms with Gasteiger partial charge in [-0.15, -0.1) is 0 Å². The van der Waals surface area contributed by atoms with Crippen LogP contribution in [0.15, 0.2) is 36.7 Å². The summed E-state index contributed by atoms with van der Waals surface area (Å²) < 4.78 is 39.6. The van der Waals surface area contributed by atoms with Crippen LogP contribution in [0.1, 0.15) is 53.5 Å². The summed E-state index contributed by atoms with van der Waals surface area (Å²) in [4.78, 5) is 28.0. The first-order valence-corrected chi connectivity index (χ1v) is 11.5. The van der Waals surface area contributed by atoms with E-state index in [9.17, 15) is 18.0 Å². The predicted molar refractivity (Wildman–Crippen MR) is 125 cm³/mol. The Kier molecular flexibility index (Phi) is 7.04. The van der Waals surface area contributed by atoms with Gasteiger partial charge >= 0.3 is 6.18 Å². The van der Waals surface area contributed by atoms with Gasteiger partial charge < -0.3 is 10.2 Å². The number of pyridine rings is 1. The van der Waals surface area contributed by atoms with Crippen molar-refractivity contribution in [1.82, 2.24) is 30.0 Å². The van der Waals surface area contributed by atoms with Crippen LogP contribution in [0.25, 0.3) is 11.3 Å². The van der Waals surface area contributed by atoms with Crippen molar-refractivity contribution in [3.63, 3.8) is 0 Å². The number of rotatable bonds is 6. The highest BCUT2D eigenvalue weighted by Gasteiger charge is 2.36. The summed E-state index contributed by atoms with van der Waals surface area (Å²) in [5.41, 5.74) is 1.54. The molecule has 1 saturated carbocycles. The van der Waals surface area contributed by atoms with E-state index >= 15 is 0 Å². The summed E-state index contributed by atoms with van der Waals surface area (Å²) in [5, 5.41) is 6.47. The first-order chi connectivity index (χ1) is 16.6. The van der Waals surface area contributed by atoms with Crippen molar-refractivity contribution < 1.29 is 18.0 Å². The lowest BCUT2D eigenvalue weighted by Crippen LogP contribution is -2.31. The van der Waals surface area contributed by atoms with Gasteiger partial charge in [0.15, 0.2) is 5.69 Å². The smallest absolute Gasteiger partial charge is 0.350 e. The molecule has 0 radical (unpaired) electrons. The maximum absolute atomic E-state index is 13.0. The van der Waals surface area contributed by atoms with Crippen LogP contribution in [-0.4, -0.2) is 51.3 Å². The fraction of sp³-hybridized carbons (Fsp3) is 0.458. The number of carbonyl (C=O) groups is 1. The van der Waals surface area contributed by atoms with E-state index in [0.717, 1.165) is 48.7 Å². The summed E-state index contributed by atoms with van der Waals surface area (Å²) in [5.74, 6) is 0.505. The van der Waals surface area contributed by atoms with Crippen LogP contribution >= 0.6 is 0 Å². The molecule has 11 heteroatoms. The molecule has 0 saturated heterocycles. The zero-order chi connectivity index (χ0) is 25.2. The lowest BCUT2D eigenvalue weighted by atomic mass is 9.79. The summed E-state index contributed by atoms with van der Waals surface area (Å²) >= 11 is 0. The van der Waals surface area contributed by atoms with Gasteiger partial charge in [-0.25, -0.2) is 9.97 Å². The number of amides is 1. The second-order valence-corrected chi connectivity index (χ2v) is 9.04. The summed E-state index contributed by atoms with van der Waals surface area (Å²) in [6.45, 7) is 0.392. The lowest BCUT2D eigenvalue weighted by Gasteiger charge is -2.29. The largest absolute Gasteiger partial charge is 0.433 e. The Labute approximate surface area is 201 Å². The van der Waals surface area contributed by atoms with Crippen molar-refractivity contribution in [2.24, 2.45) is 13.0 Å². The molecule has 0 unspecified atom stereocenters. The van der Waals surface area contributed by atoms with E-state index < -0.39 is 17.8 Å². The first kappa shape index (κ1) is 24.6. The number of halogens is 3. The van der Waals surface area contributed by atoms with Gasteiger partial charge in [0.1, 0.15) is 5.69 Å². The number of nitrogens with one attached hydrogen (secondary N) is 1. The molecule has 1 aliphatic rings. The van der Waals surface area contributed by atoms with Crippen LogP contribution in [0.5, 0.6) is 0 Å². The molecule has 4 rings (SSSR count). The zero-order valence-electron chi connectivity index (χ0n) is 19.9. The molecule has 0 aromatic carbocycles. The fourth-order valence-electron chi connectivity index (χ4n) is 4.44. The highest BCUT2D eigenvalue weighted by atomic mass is 19.4. The van der Waals surface area contributed by atoms with Gasteiger partial charge in [0.05, 0.1) is 11.4 Å². The van der Waals surface area contributed by atoms with Crippen molar-refractivity contribution in [3.05, 3.63) is 53.7 Å². The maximum atomic E-state index is 13.0. The number of nitrogens with zero attached hydrogens (tertiary/aromatic N) is 6. The molecule has 0 aliphatic heterocycles. The average molecular weight is 488 g/mol. The molecule has 1 fully saturated rings. The van der Waals surface area contributed by atoms with Crippen LogP contribution in [-0.2, 0) is 13.2 Å². The molecule has 3 aromatic rings. The third-order valence-electron chi connectivity index (χ3n) is 6.33. The molecule has 0 spiro atoms. The van der Waals surface area contributed by atoms with Gasteiger partial charge in [0.2, 0.25) is 5.95 Å². The van der Waals surface area contributed by atoms with E-state index in [1.54, 1.807) is 6.20 Å². The second kappa shape index (κ2) is 10.0. The Bertz CT molecular complexity index is 1170. The van der Waals surface area contributed by atoms with Gasteiger partial charge in [0.25, 0.3) is 5.91 Å². The third-order valence-corrected chi connectivity index (χ3v) is 6.33. The number of alkyl halides is 3. The van der Waals surface area contributed by atoms with E-state index in [4.69, 9.17) is 4.98 Å². The SMILES string of the molecule is CN(C)c1ncc(-c2ccccn2)c(C2CCC(CNC(=O)c3cc(C(F)(F)F)n(C)n3)CC2)n1. The Morgan fingerprint density at radius 3 is 2.51 bits per heavy atom. The Morgan fingerprint density at radius 2 is 1.91 bits per heavy atom. The Balaban J connectivity index is 1.40. The molecule has 3 heterocycles. The van der Waals surface area contributed by atoms with E-state index in [2.05, 4.69) is 20.4 Å². The first-order valence-electron chi connectivity index (χ1n) is 11.5. The number of aryl methyl sites for hydroxylation is 1. The monoisotopic (exact) mass is 487 g/mol. The molecule has 1 amide bonds. The van der Waals surface area contributed by atoms with Crippen molar-refractivity contribution in [3.8, 4) is 11.3 Å². The number of aromatic nitrogens is 5. The normalized spacial score (nSPS) is 18.3. The molecular formula is C24H28F3N7O. The summed E-state index contributed by atoms with van der Waals surface area (Å²) in [7, 11) is 4.98. The van der Waals surface area contributed by atoms with Crippen LogP contribution in [0.3, 0.4) is 0 Å². The van der Waals surface area contributed by atoms with Crippen LogP contribution in [0, 0.1) is 5.92 Å². The molecule has 3 aromatic heterocycles. The number of carbonyl (C=O) groups excluding carboxylic acids is 1. The van der Waals surface area contributed by atoms with Gasteiger partial charge in [-0.2, -0.15) is 18.3 Å². The molecule has 1 N–H and O–H groups in total. The van der Waals surface area contributed by atoms with Crippen LogP contribution < -0.4 is 10.2 Å². The lowest BCUT2D eigenvalue weighted by molar-refractivity contribution is -0.143. The number of anilines is 1. The van der Waals surface area contributed by atoms with Crippen molar-refractivity contribution in [1.29, 1.82) is 0 Å². The molecule has 0 bridgehead atoms. The van der Waals surface area contributed by atoms with Crippen molar-refractivity contribution in [2.45, 2.75) is 37.8 Å². The van der Waals surface area contributed by atoms with Crippen LogP contribution in [0.2, 0.25) is 0 Å². The minimum absolute atomic E-state index is 0.228. The molecular weight excluding hydrogens is 459 g/mol. The van der Waals surface area contributed by atoms with Crippen LogP contribution in [0.4, 0.5) is 19.1 Å². The molecule has 0 atom stereocenters. The minimum Gasteiger partial charge on any atom is -0.350 e. The fourth-order valence-corrected chi connectivity index (χ4v) is 4.44. The minimum atomic E-state index is -4.56. The quantitative estimate of drug-likeness (QED) is 0.564. The predicted octanol–water partition coefficient (Wildman–Crippen LogP) is 4.06. The summed E-state index contributed by atoms with van der Waals surface area (Å²) in [6, 6.07) is 6.53. The molecule has 186 valence electrons. The van der Waals surface area contributed by atoms with E-state index in [0.29, 0.717) is 17.2 Å². The van der Waals surface area contributed by atoms with Crippen molar-refractivity contribution in [2.75, 3.05) is 25.5 Å². The molecule has 35 heavy (non-hydrogen) atoms. The standard InChI is InChI=1S/C24H28F3N7O/c1-33(2)23-30-14-17(18-6-4-5-11-28-18)21(31-23)16-9-7-15(8-10-16)13-29-22(35)19-12-20(24(25,26)27)34(3)32-19/h4-6,11-12,14-16H,7-10,13H2,1-3H3,(H,29,35). The number of hydrogen-bond donors (Lipinski definition) is 1. The van der Waals surface area contributed by atoms with Gasteiger partial charge in [-0.1, -0.05) is 6.07 Å².